The number of nitrogens with one attached hydrogen (secondary N) is 2. The second-order valence-corrected chi connectivity index (χ2v) is 4.36. The minimum absolute atomic E-state index is 0.0968. The zero-order chi connectivity index (χ0) is 12.5. The zero-order valence-corrected chi connectivity index (χ0v) is 9.76. The van der Waals surface area contributed by atoms with E-state index in [1.165, 1.54) is 0 Å². The fraction of sp³-hybridized carbons (Fsp3) is 0.364. The van der Waals surface area contributed by atoms with Crippen LogP contribution in [0, 0.1) is 0 Å². The normalized spacial score (nSPS) is 19.8. The maximum Gasteiger partial charge on any atom is 0.220 e. The molecule has 7 heteroatoms. The quantitative estimate of drug-likeness (QED) is 0.693. The molecule has 18 heavy (non-hydrogen) atoms. The van der Waals surface area contributed by atoms with Crippen LogP contribution in [0.15, 0.2) is 18.6 Å². The predicted octanol–water partition coefficient (Wildman–Crippen LogP) is 0.00200. The van der Waals surface area contributed by atoms with Crippen LogP contribution >= 0.6 is 0 Å². The lowest BCUT2D eigenvalue weighted by Gasteiger charge is -2.24. The van der Waals surface area contributed by atoms with E-state index in [1.54, 1.807) is 12.4 Å². The Balaban J connectivity index is 1.85. The molecule has 4 N–H and O–H groups in total. The smallest absolute Gasteiger partial charge is 0.220 e. The molecule has 1 saturated heterocycles. The molecule has 7 nitrogen and oxygen atoms in total. The Kier molecular flexibility index (Phi) is 2.51. The first-order chi connectivity index (χ1) is 8.72. The summed E-state index contributed by atoms with van der Waals surface area (Å²) in [6.07, 6.45) is 6.56. The van der Waals surface area contributed by atoms with Crippen molar-refractivity contribution in [3.8, 4) is 0 Å². The van der Waals surface area contributed by atoms with E-state index in [4.69, 9.17) is 5.73 Å². The van der Waals surface area contributed by atoms with Crippen molar-refractivity contribution in [3.05, 3.63) is 18.6 Å². The van der Waals surface area contributed by atoms with Gasteiger partial charge in [0.15, 0.2) is 11.5 Å². The molecule has 0 saturated carbocycles. The number of piperidine rings is 1. The molecule has 0 radical (unpaired) electrons. The number of rotatable bonds is 2. The van der Waals surface area contributed by atoms with Gasteiger partial charge in [0.05, 0.1) is 6.20 Å². The Morgan fingerprint density at radius 1 is 1.56 bits per heavy atom. The van der Waals surface area contributed by atoms with Crippen molar-refractivity contribution in [2.45, 2.75) is 18.9 Å². The molecule has 1 aliphatic heterocycles. The van der Waals surface area contributed by atoms with Crippen molar-refractivity contribution in [1.29, 1.82) is 0 Å². The van der Waals surface area contributed by atoms with Crippen LogP contribution in [0.4, 0.5) is 11.6 Å². The van der Waals surface area contributed by atoms with E-state index in [0.717, 1.165) is 12.1 Å². The number of hydrogen-bond acceptors (Lipinski definition) is 5. The molecule has 0 bridgehead atoms. The van der Waals surface area contributed by atoms with Gasteiger partial charge in [0.2, 0.25) is 5.91 Å². The Morgan fingerprint density at radius 2 is 2.44 bits per heavy atom. The number of aromatic nitrogens is 3. The topological polar surface area (TPSA) is 97.3 Å². The number of imidazole rings is 1. The number of nitrogens with zero attached hydrogens (tertiary/aromatic N) is 3. The Hall–Kier alpha value is -2.31. The molecule has 94 valence electrons. The largest absolute Gasteiger partial charge is 0.382 e. The summed E-state index contributed by atoms with van der Waals surface area (Å²) in [5.41, 5.74) is 6.48. The van der Waals surface area contributed by atoms with Gasteiger partial charge in [-0.2, -0.15) is 0 Å². The highest BCUT2D eigenvalue weighted by Crippen LogP contribution is 2.17. The molecule has 0 spiro atoms. The van der Waals surface area contributed by atoms with Gasteiger partial charge in [0, 0.05) is 31.4 Å². The summed E-state index contributed by atoms with van der Waals surface area (Å²) >= 11 is 0. The summed E-state index contributed by atoms with van der Waals surface area (Å²) < 4.78 is 1.83. The van der Waals surface area contributed by atoms with Gasteiger partial charge < -0.3 is 20.8 Å². The fourth-order valence-electron chi connectivity index (χ4n) is 2.10. The molecular weight excluding hydrogens is 232 g/mol. The second kappa shape index (κ2) is 4.17. The van der Waals surface area contributed by atoms with Crippen LogP contribution in [0.5, 0.6) is 0 Å². The first-order valence-electron chi connectivity index (χ1n) is 5.85. The first-order valence-corrected chi connectivity index (χ1v) is 5.85. The Morgan fingerprint density at radius 3 is 3.22 bits per heavy atom. The number of fused-ring (bicyclic) bond motifs is 1. The lowest BCUT2D eigenvalue weighted by Crippen LogP contribution is -2.42. The van der Waals surface area contributed by atoms with E-state index in [2.05, 4.69) is 20.6 Å². The summed E-state index contributed by atoms with van der Waals surface area (Å²) in [7, 11) is 0. The van der Waals surface area contributed by atoms with Crippen LogP contribution in [0.1, 0.15) is 12.8 Å². The standard InChI is InChI=1S/C11H14N6O/c12-8-6-17-4-3-13-11(17)10(16-8)15-7-1-2-9(18)14-5-7/h3-4,6-7H,1-2,5,12H2,(H,14,18)(H,15,16). The van der Waals surface area contributed by atoms with E-state index < -0.39 is 0 Å². The monoisotopic (exact) mass is 246 g/mol. The fourth-order valence-corrected chi connectivity index (χ4v) is 2.10. The van der Waals surface area contributed by atoms with Gasteiger partial charge in [-0.3, -0.25) is 4.79 Å². The summed E-state index contributed by atoms with van der Waals surface area (Å²) in [5.74, 6) is 1.18. The van der Waals surface area contributed by atoms with Crippen molar-refractivity contribution < 1.29 is 4.79 Å². The summed E-state index contributed by atoms with van der Waals surface area (Å²) in [6.45, 7) is 0.599. The van der Waals surface area contributed by atoms with Crippen molar-refractivity contribution in [1.82, 2.24) is 19.7 Å². The predicted molar refractivity (Wildman–Crippen MR) is 67.1 cm³/mol. The van der Waals surface area contributed by atoms with E-state index in [0.29, 0.717) is 24.6 Å². The molecule has 2 aromatic rings. The van der Waals surface area contributed by atoms with Crippen molar-refractivity contribution in [2.24, 2.45) is 0 Å². The second-order valence-electron chi connectivity index (χ2n) is 4.36. The zero-order valence-electron chi connectivity index (χ0n) is 9.76. The van der Waals surface area contributed by atoms with E-state index >= 15 is 0 Å². The van der Waals surface area contributed by atoms with Gasteiger partial charge in [-0.05, 0) is 6.42 Å². The van der Waals surface area contributed by atoms with Crippen LogP contribution in [0.25, 0.3) is 5.65 Å². The summed E-state index contributed by atoms with van der Waals surface area (Å²) in [4.78, 5) is 19.6. The minimum Gasteiger partial charge on any atom is -0.382 e. The molecule has 1 atom stereocenters. The van der Waals surface area contributed by atoms with Gasteiger partial charge in [0.25, 0.3) is 0 Å². The number of carbonyl (C=O) groups is 1. The van der Waals surface area contributed by atoms with Crippen LogP contribution in [0.3, 0.4) is 0 Å². The number of hydrogen-bond donors (Lipinski definition) is 3. The highest BCUT2D eigenvalue weighted by atomic mass is 16.1. The summed E-state index contributed by atoms with van der Waals surface area (Å²) in [6, 6.07) is 0.164. The third kappa shape index (κ3) is 1.94. The Labute approximate surface area is 103 Å². The van der Waals surface area contributed by atoms with Crippen LogP contribution in [0.2, 0.25) is 0 Å². The van der Waals surface area contributed by atoms with Gasteiger partial charge in [-0.1, -0.05) is 0 Å². The van der Waals surface area contributed by atoms with Gasteiger partial charge in [0.1, 0.15) is 5.82 Å². The Bertz CT molecular complexity index is 582. The molecule has 1 unspecified atom stereocenters. The van der Waals surface area contributed by atoms with Crippen molar-refractivity contribution >= 4 is 23.2 Å². The third-order valence-electron chi connectivity index (χ3n) is 3.00. The molecule has 0 aliphatic carbocycles. The average molecular weight is 246 g/mol. The third-order valence-corrected chi connectivity index (χ3v) is 3.00. The van der Waals surface area contributed by atoms with Crippen LogP contribution < -0.4 is 16.4 Å². The van der Waals surface area contributed by atoms with E-state index in [9.17, 15) is 4.79 Å². The number of nitrogen functional groups attached to an aromatic ring is 1. The number of anilines is 2. The molecule has 0 aromatic carbocycles. The maximum absolute atomic E-state index is 11.1. The molecular formula is C11H14N6O. The molecule has 2 aromatic heterocycles. The summed E-state index contributed by atoms with van der Waals surface area (Å²) in [5, 5.41) is 6.10. The first kappa shape index (κ1) is 10.8. The van der Waals surface area contributed by atoms with Crippen LogP contribution in [-0.4, -0.2) is 32.9 Å². The van der Waals surface area contributed by atoms with Gasteiger partial charge >= 0.3 is 0 Å². The molecule has 3 heterocycles. The number of amides is 1. The average Bonchev–Trinajstić information content (AvgIpc) is 2.80. The van der Waals surface area contributed by atoms with Crippen molar-refractivity contribution in [2.75, 3.05) is 17.6 Å². The number of carbonyl (C=O) groups excluding carboxylic acids is 1. The lowest BCUT2D eigenvalue weighted by molar-refractivity contribution is -0.122. The molecule has 1 fully saturated rings. The molecule has 3 rings (SSSR count). The SMILES string of the molecule is Nc1cn2ccnc2c(NC2CCC(=O)NC2)n1. The highest BCUT2D eigenvalue weighted by Gasteiger charge is 2.19. The van der Waals surface area contributed by atoms with Crippen molar-refractivity contribution in [3.63, 3.8) is 0 Å². The van der Waals surface area contributed by atoms with E-state index in [1.807, 2.05) is 10.6 Å². The van der Waals surface area contributed by atoms with Gasteiger partial charge in [-0.25, -0.2) is 9.97 Å². The van der Waals surface area contributed by atoms with Crippen LogP contribution in [-0.2, 0) is 4.79 Å². The van der Waals surface area contributed by atoms with Gasteiger partial charge in [-0.15, -0.1) is 0 Å². The maximum atomic E-state index is 11.1. The van der Waals surface area contributed by atoms with E-state index in [-0.39, 0.29) is 11.9 Å². The lowest BCUT2D eigenvalue weighted by atomic mass is 10.1. The highest BCUT2D eigenvalue weighted by molar-refractivity contribution is 5.77. The molecule has 1 aliphatic rings. The number of nitrogens with two attached hydrogens (primary N) is 1. The molecule has 1 amide bonds. The minimum atomic E-state index is 0.0968.